The summed E-state index contributed by atoms with van der Waals surface area (Å²) in [5.74, 6) is 1.08. The standard InChI is InChI=1S/C11H12BrN2/c1-14(2)8-7-13-11(14)9-3-5-10(12)6-4-9/h3-8H,1-2H3/q+1. The van der Waals surface area contributed by atoms with Gasteiger partial charge in [0.25, 0.3) is 0 Å². The molecular weight excluding hydrogens is 240 g/mol. The van der Waals surface area contributed by atoms with E-state index in [0.29, 0.717) is 4.48 Å². The van der Waals surface area contributed by atoms with Crippen molar-refractivity contribution in [3.05, 3.63) is 46.7 Å². The Kier molecular flexibility index (Phi) is 2.29. The fourth-order valence-corrected chi connectivity index (χ4v) is 1.76. The first kappa shape index (κ1) is 9.62. The van der Waals surface area contributed by atoms with E-state index in [4.69, 9.17) is 0 Å². The molecule has 14 heavy (non-hydrogen) atoms. The Bertz CT molecular complexity index is 402. The molecule has 0 N–H and O–H groups in total. The first-order chi connectivity index (χ1) is 6.59. The highest BCUT2D eigenvalue weighted by molar-refractivity contribution is 9.10. The molecule has 1 aromatic rings. The topological polar surface area (TPSA) is 12.4 Å². The normalized spacial score (nSPS) is 18.4. The van der Waals surface area contributed by atoms with Gasteiger partial charge in [-0.2, -0.15) is 4.99 Å². The molecule has 0 saturated heterocycles. The fraction of sp³-hybridized carbons (Fsp3) is 0.182. The van der Waals surface area contributed by atoms with Gasteiger partial charge in [-0.3, -0.25) is 4.48 Å². The highest BCUT2D eigenvalue weighted by Gasteiger charge is 2.26. The zero-order valence-electron chi connectivity index (χ0n) is 8.24. The number of amidine groups is 1. The summed E-state index contributed by atoms with van der Waals surface area (Å²) in [6, 6.07) is 8.23. The van der Waals surface area contributed by atoms with Crippen molar-refractivity contribution in [1.29, 1.82) is 0 Å². The number of nitrogens with zero attached hydrogens (tertiary/aromatic N) is 2. The number of benzene rings is 1. The minimum absolute atomic E-state index is 0.710. The quantitative estimate of drug-likeness (QED) is 0.681. The maximum Gasteiger partial charge on any atom is 0.239 e. The average Bonchev–Trinajstić information content (AvgIpc) is 2.47. The predicted molar refractivity (Wildman–Crippen MR) is 61.9 cm³/mol. The highest BCUT2D eigenvalue weighted by Crippen LogP contribution is 2.18. The summed E-state index contributed by atoms with van der Waals surface area (Å²) < 4.78 is 1.81. The van der Waals surface area contributed by atoms with Crippen molar-refractivity contribution >= 4 is 21.8 Å². The van der Waals surface area contributed by atoms with Crippen LogP contribution in [0.3, 0.4) is 0 Å². The van der Waals surface area contributed by atoms with Crippen LogP contribution in [0.25, 0.3) is 0 Å². The summed E-state index contributed by atoms with van der Waals surface area (Å²) in [7, 11) is 4.23. The molecule has 2 rings (SSSR count). The van der Waals surface area contributed by atoms with Crippen LogP contribution in [0.1, 0.15) is 5.56 Å². The molecule has 72 valence electrons. The minimum Gasteiger partial charge on any atom is -0.252 e. The number of quaternary nitrogens is 1. The van der Waals surface area contributed by atoms with Gasteiger partial charge in [0.05, 0.1) is 25.9 Å². The van der Waals surface area contributed by atoms with Gasteiger partial charge in [-0.1, -0.05) is 15.9 Å². The van der Waals surface area contributed by atoms with Gasteiger partial charge in [-0.25, -0.2) is 0 Å². The number of hydrogen-bond donors (Lipinski definition) is 0. The molecule has 1 aliphatic heterocycles. The van der Waals surface area contributed by atoms with Crippen LogP contribution < -0.4 is 0 Å². The monoisotopic (exact) mass is 251 g/mol. The zero-order chi connectivity index (χ0) is 10.2. The summed E-state index contributed by atoms with van der Waals surface area (Å²) in [6.07, 6.45) is 3.93. The molecule has 3 heteroatoms. The number of hydrogen-bond acceptors (Lipinski definition) is 1. The van der Waals surface area contributed by atoms with Crippen LogP contribution in [0.15, 0.2) is 46.1 Å². The van der Waals surface area contributed by atoms with Gasteiger partial charge < -0.3 is 0 Å². The smallest absolute Gasteiger partial charge is 0.239 e. The first-order valence-corrected chi connectivity index (χ1v) is 5.24. The van der Waals surface area contributed by atoms with E-state index < -0.39 is 0 Å². The molecule has 0 unspecified atom stereocenters. The summed E-state index contributed by atoms with van der Waals surface area (Å²) in [5, 5.41) is 0. The lowest BCUT2D eigenvalue weighted by Crippen LogP contribution is -2.38. The number of aliphatic imine (C=N–C) groups is 1. The molecule has 0 aromatic heterocycles. The van der Waals surface area contributed by atoms with Crippen molar-refractivity contribution in [3.8, 4) is 0 Å². The van der Waals surface area contributed by atoms with Gasteiger partial charge in [0.1, 0.15) is 6.20 Å². The zero-order valence-corrected chi connectivity index (χ0v) is 9.82. The average molecular weight is 252 g/mol. The lowest BCUT2D eigenvalue weighted by molar-refractivity contribution is -0.738. The molecule has 0 fully saturated rings. The van der Waals surface area contributed by atoms with E-state index in [2.05, 4.69) is 53.4 Å². The third-order valence-corrected chi connectivity index (χ3v) is 2.81. The molecule has 0 saturated carbocycles. The Morgan fingerprint density at radius 1 is 1.14 bits per heavy atom. The first-order valence-electron chi connectivity index (χ1n) is 4.45. The van der Waals surface area contributed by atoms with Crippen LogP contribution in [0, 0.1) is 0 Å². The van der Waals surface area contributed by atoms with Gasteiger partial charge in [-0.15, -0.1) is 0 Å². The van der Waals surface area contributed by atoms with Gasteiger partial charge >= 0.3 is 0 Å². The predicted octanol–water partition coefficient (Wildman–Crippen LogP) is 2.76. The van der Waals surface area contributed by atoms with E-state index in [9.17, 15) is 0 Å². The van der Waals surface area contributed by atoms with E-state index in [1.165, 1.54) is 5.56 Å². The van der Waals surface area contributed by atoms with Crippen LogP contribution in [0.2, 0.25) is 0 Å². The van der Waals surface area contributed by atoms with E-state index >= 15 is 0 Å². The molecule has 1 aromatic carbocycles. The largest absolute Gasteiger partial charge is 0.252 e. The van der Waals surface area contributed by atoms with E-state index in [1.807, 2.05) is 18.3 Å². The van der Waals surface area contributed by atoms with Crippen molar-refractivity contribution in [2.24, 2.45) is 4.99 Å². The van der Waals surface area contributed by atoms with Crippen molar-refractivity contribution in [1.82, 2.24) is 0 Å². The number of halogens is 1. The van der Waals surface area contributed by atoms with E-state index in [-0.39, 0.29) is 0 Å². The Labute approximate surface area is 92.3 Å². The maximum atomic E-state index is 4.38. The fourth-order valence-electron chi connectivity index (χ4n) is 1.50. The van der Waals surface area contributed by atoms with Crippen LogP contribution >= 0.6 is 15.9 Å². The van der Waals surface area contributed by atoms with Crippen LogP contribution in [-0.2, 0) is 0 Å². The Balaban J connectivity index is 2.38. The maximum absolute atomic E-state index is 4.38. The molecule has 2 nitrogen and oxygen atoms in total. The summed E-state index contributed by atoms with van der Waals surface area (Å²) >= 11 is 3.42. The van der Waals surface area contributed by atoms with Gasteiger partial charge in [0.2, 0.25) is 5.84 Å². The molecular formula is C11H12BrN2+. The SMILES string of the molecule is C[N+]1(C)C=CN=C1c1ccc(Br)cc1. The van der Waals surface area contributed by atoms with Crippen molar-refractivity contribution in [2.75, 3.05) is 14.1 Å². The van der Waals surface area contributed by atoms with Gasteiger partial charge in [-0.05, 0) is 24.3 Å². The van der Waals surface area contributed by atoms with Crippen molar-refractivity contribution in [3.63, 3.8) is 0 Å². The summed E-state index contributed by atoms with van der Waals surface area (Å²) in [4.78, 5) is 4.38. The molecule has 0 amide bonds. The van der Waals surface area contributed by atoms with E-state index in [1.54, 1.807) is 0 Å². The van der Waals surface area contributed by atoms with E-state index in [0.717, 1.165) is 10.3 Å². The van der Waals surface area contributed by atoms with Crippen LogP contribution in [-0.4, -0.2) is 24.4 Å². The van der Waals surface area contributed by atoms with Crippen LogP contribution in [0.5, 0.6) is 0 Å². The lowest BCUT2D eigenvalue weighted by atomic mass is 10.2. The number of rotatable bonds is 1. The van der Waals surface area contributed by atoms with Crippen molar-refractivity contribution < 1.29 is 4.48 Å². The highest BCUT2D eigenvalue weighted by atomic mass is 79.9. The Morgan fingerprint density at radius 2 is 1.79 bits per heavy atom. The third kappa shape index (κ3) is 1.65. The molecule has 1 heterocycles. The second kappa shape index (κ2) is 3.33. The molecule has 1 aliphatic rings. The Hall–Kier alpha value is -0.930. The third-order valence-electron chi connectivity index (χ3n) is 2.28. The Morgan fingerprint density at radius 3 is 2.29 bits per heavy atom. The summed E-state index contributed by atoms with van der Waals surface area (Å²) in [6.45, 7) is 0. The van der Waals surface area contributed by atoms with Crippen molar-refractivity contribution in [2.45, 2.75) is 0 Å². The molecule has 0 bridgehead atoms. The second-order valence-electron chi connectivity index (χ2n) is 3.80. The lowest BCUT2D eigenvalue weighted by Gasteiger charge is -2.21. The summed E-state index contributed by atoms with van der Waals surface area (Å²) in [5.41, 5.74) is 1.17. The van der Waals surface area contributed by atoms with Crippen LogP contribution in [0.4, 0.5) is 0 Å². The molecule has 0 radical (unpaired) electrons. The van der Waals surface area contributed by atoms with Gasteiger partial charge in [0, 0.05) is 4.47 Å². The minimum atomic E-state index is 0.710. The molecule has 0 spiro atoms. The second-order valence-corrected chi connectivity index (χ2v) is 4.71. The molecule has 0 atom stereocenters. The molecule has 0 aliphatic carbocycles. The van der Waals surface area contributed by atoms with Gasteiger partial charge in [0.15, 0.2) is 0 Å².